The lowest BCUT2D eigenvalue weighted by Crippen LogP contribution is -2.58. The van der Waals surface area contributed by atoms with Gasteiger partial charge in [-0.3, -0.25) is 0 Å². The van der Waals surface area contributed by atoms with Crippen molar-refractivity contribution in [2.75, 3.05) is 33.0 Å². The molecule has 0 amide bonds. The van der Waals surface area contributed by atoms with Gasteiger partial charge in [-0.15, -0.1) is 0 Å². The quantitative estimate of drug-likeness (QED) is 0.383. The first-order chi connectivity index (χ1) is 9.91. The van der Waals surface area contributed by atoms with Gasteiger partial charge in [-0.25, -0.2) is 0 Å². The predicted octanol–water partition coefficient (Wildman–Crippen LogP) is 2.73. The fourth-order valence-electron chi connectivity index (χ4n) is 1.87. The molecular weight excluding hydrogens is 292 g/mol. The monoisotopic (exact) mass is 324 g/mol. The number of rotatable bonds is 13. The topological polar surface area (TPSA) is 55.4 Å². The lowest BCUT2D eigenvalue weighted by Gasteiger charge is -2.39. The Morgan fingerprint density at radius 1 is 0.714 bits per heavy atom. The number of ether oxygens (including phenoxy) is 2. The molecule has 0 aromatic heterocycles. The van der Waals surface area contributed by atoms with E-state index < -0.39 is 20.9 Å². The summed E-state index contributed by atoms with van der Waals surface area (Å²) in [6.07, 6.45) is -0.513. The molecule has 0 saturated carbocycles. The van der Waals surface area contributed by atoms with E-state index in [2.05, 4.69) is 0 Å². The average Bonchev–Trinajstić information content (AvgIpc) is 2.38. The third kappa shape index (κ3) is 7.18. The summed E-state index contributed by atoms with van der Waals surface area (Å²) >= 11 is 0. The predicted molar refractivity (Wildman–Crippen MR) is 82.8 cm³/mol. The van der Waals surface area contributed by atoms with E-state index >= 15 is 0 Å². The van der Waals surface area contributed by atoms with Crippen LogP contribution in [0.4, 0.5) is 0 Å². The maximum Gasteiger partial charge on any atom is 0.680 e. The first-order valence-corrected chi connectivity index (χ1v) is 9.39. The van der Waals surface area contributed by atoms with Crippen LogP contribution in [0.2, 0.25) is 0 Å². The second kappa shape index (κ2) is 10.7. The van der Waals surface area contributed by atoms with Gasteiger partial charge in [0.1, 0.15) is 5.60 Å². The molecule has 0 aliphatic heterocycles. The SMILES string of the molecule is CCOC(OCC)C(C)(C)O[Si](OCC)(OCC)OCC. The minimum atomic E-state index is -3.21. The van der Waals surface area contributed by atoms with E-state index in [1.54, 1.807) is 0 Å². The van der Waals surface area contributed by atoms with Gasteiger partial charge in [-0.1, -0.05) is 0 Å². The van der Waals surface area contributed by atoms with Crippen LogP contribution in [0.3, 0.4) is 0 Å². The first-order valence-electron chi connectivity index (χ1n) is 7.76. The maximum atomic E-state index is 6.14. The third-order valence-corrected chi connectivity index (χ3v) is 5.26. The Bertz CT molecular complexity index is 239. The standard InChI is InChI=1S/C14H32O6Si/c1-8-15-13(16-9-2)14(6,7)20-21(17-10-3,18-11-4)19-12-5/h13H,8-12H2,1-7H3. The third-order valence-electron chi connectivity index (χ3n) is 2.56. The van der Waals surface area contributed by atoms with E-state index in [1.807, 2.05) is 48.5 Å². The van der Waals surface area contributed by atoms with Gasteiger partial charge in [0.05, 0.1) is 0 Å². The zero-order valence-electron chi connectivity index (χ0n) is 14.6. The van der Waals surface area contributed by atoms with Crippen LogP contribution in [0, 0.1) is 0 Å². The molecule has 0 saturated heterocycles. The molecule has 0 bridgehead atoms. The summed E-state index contributed by atoms with van der Waals surface area (Å²) in [5, 5.41) is 0. The summed E-state index contributed by atoms with van der Waals surface area (Å²) in [6.45, 7) is 15.7. The first kappa shape index (κ1) is 21.0. The summed E-state index contributed by atoms with van der Waals surface area (Å²) in [6, 6.07) is 0. The molecule has 0 spiro atoms. The van der Waals surface area contributed by atoms with Crippen LogP contribution >= 0.6 is 0 Å². The molecule has 0 heterocycles. The van der Waals surface area contributed by atoms with Crippen molar-refractivity contribution in [1.82, 2.24) is 0 Å². The minimum absolute atomic E-state index is 0.455. The summed E-state index contributed by atoms with van der Waals surface area (Å²) in [5.41, 5.74) is -0.752. The van der Waals surface area contributed by atoms with Crippen LogP contribution in [0.15, 0.2) is 0 Å². The highest BCUT2D eigenvalue weighted by Crippen LogP contribution is 2.26. The van der Waals surface area contributed by atoms with E-state index in [4.69, 9.17) is 27.2 Å². The van der Waals surface area contributed by atoms with Crippen molar-refractivity contribution < 1.29 is 27.2 Å². The zero-order chi connectivity index (χ0) is 16.4. The fraction of sp³-hybridized carbons (Fsp3) is 1.00. The van der Waals surface area contributed by atoms with Crippen LogP contribution in [-0.4, -0.2) is 54.0 Å². The summed E-state index contributed by atoms with van der Waals surface area (Å²) < 4.78 is 34.5. The Balaban J connectivity index is 5.13. The number of hydrogen-bond acceptors (Lipinski definition) is 6. The van der Waals surface area contributed by atoms with Crippen LogP contribution in [0.25, 0.3) is 0 Å². The van der Waals surface area contributed by atoms with Crippen molar-refractivity contribution in [2.45, 2.75) is 60.4 Å². The van der Waals surface area contributed by atoms with E-state index in [0.717, 1.165) is 0 Å². The molecule has 0 atom stereocenters. The van der Waals surface area contributed by atoms with Gasteiger partial charge in [0, 0.05) is 33.0 Å². The molecule has 0 N–H and O–H groups in total. The molecule has 0 radical (unpaired) electrons. The van der Waals surface area contributed by atoms with E-state index in [0.29, 0.717) is 33.0 Å². The highest BCUT2D eigenvalue weighted by Gasteiger charge is 2.51. The molecule has 0 fully saturated rings. The van der Waals surface area contributed by atoms with Gasteiger partial charge in [0.15, 0.2) is 6.29 Å². The van der Waals surface area contributed by atoms with Gasteiger partial charge < -0.3 is 27.2 Å². The molecular formula is C14H32O6Si. The van der Waals surface area contributed by atoms with Gasteiger partial charge >= 0.3 is 9.05 Å². The van der Waals surface area contributed by atoms with Crippen LogP contribution < -0.4 is 0 Å². The normalized spacial score (nSPS) is 13.1. The van der Waals surface area contributed by atoms with Crippen LogP contribution in [0.5, 0.6) is 0 Å². The Labute approximate surface area is 130 Å². The molecule has 0 unspecified atom stereocenters. The largest absolute Gasteiger partial charge is 0.680 e. The lowest BCUT2D eigenvalue weighted by molar-refractivity contribution is -0.234. The van der Waals surface area contributed by atoms with Crippen molar-refractivity contribution in [1.29, 1.82) is 0 Å². The summed E-state index contributed by atoms with van der Waals surface area (Å²) in [7, 11) is -3.21. The van der Waals surface area contributed by atoms with Crippen molar-refractivity contribution >= 4 is 9.05 Å². The summed E-state index contributed by atoms with van der Waals surface area (Å²) in [5.74, 6) is 0. The Morgan fingerprint density at radius 3 is 1.38 bits per heavy atom. The van der Waals surface area contributed by atoms with E-state index in [9.17, 15) is 0 Å². The van der Waals surface area contributed by atoms with Gasteiger partial charge in [0.25, 0.3) is 0 Å². The molecule has 0 aromatic rings. The molecule has 0 rings (SSSR count). The van der Waals surface area contributed by atoms with Gasteiger partial charge in [0.2, 0.25) is 0 Å². The van der Waals surface area contributed by atoms with Crippen LogP contribution in [-0.2, 0) is 27.2 Å². The molecule has 0 aliphatic rings. The smallest absolute Gasteiger partial charge is 0.351 e. The van der Waals surface area contributed by atoms with Crippen molar-refractivity contribution in [3.05, 3.63) is 0 Å². The maximum absolute atomic E-state index is 6.14. The molecule has 128 valence electrons. The minimum Gasteiger partial charge on any atom is -0.351 e. The molecule has 7 heteroatoms. The fourth-order valence-corrected chi connectivity index (χ4v) is 4.09. The summed E-state index contributed by atoms with van der Waals surface area (Å²) in [4.78, 5) is 0. The average molecular weight is 324 g/mol. The van der Waals surface area contributed by atoms with Gasteiger partial charge in [-0.2, -0.15) is 0 Å². The lowest BCUT2D eigenvalue weighted by atomic mass is 10.1. The highest BCUT2D eigenvalue weighted by atomic mass is 28.4. The molecule has 0 aromatic carbocycles. The highest BCUT2D eigenvalue weighted by molar-refractivity contribution is 6.53. The number of hydrogen-bond donors (Lipinski definition) is 0. The molecule has 0 aliphatic carbocycles. The Kier molecular flexibility index (Phi) is 10.6. The van der Waals surface area contributed by atoms with E-state index in [-0.39, 0.29) is 0 Å². The van der Waals surface area contributed by atoms with E-state index in [1.165, 1.54) is 0 Å². The van der Waals surface area contributed by atoms with Crippen molar-refractivity contribution in [3.8, 4) is 0 Å². The Hall–Kier alpha value is -0.0231. The zero-order valence-corrected chi connectivity index (χ0v) is 15.6. The molecule has 6 nitrogen and oxygen atoms in total. The van der Waals surface area contributed by atoms with Gasteiger partial charge in [-0.05, 0) is 48.5 Å². The van der Waals surface area contributed by atoms with Crippen LogP contribution in [0.1, 0.15) is 48.5 Å². The van der Waals surface area contributed by atoms with Crippen molar-refractivity contribution in [2.24, 2.45) is 0 Å². The molecule has 21 heavy (non-hydrogen) atoms. The van der Waals surface area contributed by atoms with Crippen molar-refractivity contribution in [3.63, 3.8) is 0 Å². The second-order valence-electron chi connectivity index (χ2n) is 4.75. The Morgan fingerprint density at radius 2 is 1.10 bits per heavy atom. The second-order valence-corrected chi connectivity index (χ2v) is 6.82.